The first-order valence-electron chi connectivity index (χ1n) is 6.56. The molecule has 0 aromatic heterocycles. The lowest BCUT2D eigenvalue weighted by Gasteiger charge is -2.11. The van der Waals surface area contributed by atoms with Crippen molar-refractivity contribution in [3.8, 4) is 0 Å². The SMILES string of the molecule is Cc1ccc(S(=O)(=O)Nc2ccc(C)c([N+](=O)[O-])c2)c(C)c1. The van der Waals surface area contributed by atoms with E-state index in [0.717, 1.165) is 5.56 Å². The fourth-order valence-electron chi connectivity index (χ4n) is 2.18. The average molecular weight is 320 g/mol. The van der Waals surface area contributed by atoms with Gasteiger partial charge in [-0.1, -0.05) is 23.8 Å². The summed E-state index contributed by atoms with van der Waals surface area (Å²) in [7, 11) is -3.79. The zero-order valence-electron chi connectivity index (χ0n) is 12.5. The summed E-state index contributed by atoms with van der Waals surface area (Å²) in [6.07, 6.45) is 0. The largest absolute Gasteiger partial charge is 0.279 e. The minimum Gasteiger partial charge on any atom is -0.279 e. The summed E-state index contributed by atoms with van der Waals surface area (Å²) in [5, 5.41) is 10.9. The number of anilines is 1. The molecule has 0 spiro atoms. The van der Waals surface area contributed by atoms with Gasteiger partial charge in [0.15, 0.2) is 0 Å². The van der Waals surface area contributed by atoms with Crippen LogP contribution in [0.1, 0.15) is 16.7 Å². The molecule has 0 amide bonds. The molecule has 0 fully saturated rings. The number of hydrogen-bond acceptors (Lipinski definition) is 4. The first-order chi connectivity index (χ1) is 10.2. The summed E-state index contributed by atoms with van der Waals surface area (Å²) in [5.41, 5.74) is 2.09. The van der Waals surface area contributed by atoms with Gasteiger partial charge >= 0.3 is 0 Å². The summed E-state index contributed by atoms with van der Waals surface area (Å²) in [6.45, 7) is 5.18. The normalized spacial score (nSPS) is 11.2. The van der Waals surface area contributed by atoms with Crippen LogP contribution in [0.25, 0.3) is 0 Å². The van der Waals surface area contributed by atoms with E-state index in [2.05, 4.69) is 4.72 Å². The second-order valence-corrected chi connectivity index (χ2v) is 6.78. The first kappa shape index (κ1) is 16.0. The monoisotopic (exact) mass is 320 g/mol. The zero-order chi connectivity index (χ0) is 16.5. The van der Waals surface area contributed by atoms with Crippen molar-refractivity contribution in [3.63, 3.8) is 0 Å². The molecule has 1 N–H and O–H groups in total. The predicted molar refractivity (Wildman–Crippen MR) is 84.6 cm³/mol. The Balaban J connectivity index is 2.41. The van der Waals surface area contributed by atoms with Crippen molar-refractivity contribution in [2.45, 2.75) is 25.7 Å². The number of benzene rings is 2. The van der Waals surface area contributed by atoms with Crippen LogP contribution in [0.4, 0.5) is 11.4 Å². The van der Waals surface area contributed by atoms with Crippen molar-refractivity contribution in [2.24, 2.45) is 0 Å². The van der Waals surface area contributed by atoms with Crippen LogP contribution in [0.5, 0.6) is 0 Å². The second kappa shape index (κ2) is 5.76. The van der Waals surface area contributed by atoms with Gasteiger partial charge in [-0.2, -0.15) is 0 Å². The fourth-order valence-corrected chi connectivity index (χ4v) is 3.46. The molecule has 2 aromatic rings. The Morgan fingerprint density at radius 1 is 1.00 bits per heavy atom. The third-order valence-electron chi connectivity index (χ3n) is 3.28. The van der Waals surface area contributed by atoms with Gasteiger partial charge in [0, 0.05) is 11.6 Å². The third-order valence-corrected chi connectivity index (χ3v) is 4.82. The van der Waals surface area contributed by atoms with Crippen LogP contribution in [-0.4, -0.2) is 13.3 Å². The highest BCUT2D eigenvalue weighted by molar-refractivity contribution is 7.92. The van der Waals surface area contributed by atoms with E-state index in [0.29, 0.717) is 11.1 Å². The van der Waals surface area contributed by atoms with E-state index in [4.69, 9.17) is 0 Å². The standard InChI is InChI=1S/C15H16N2O4S/c1-10-4-7-15(12(3)8-10)22(20,21)16-13-6-5-11(2)14(9-13)17(18)19/h4-9,16H,1-3H3. The number of aryl methyl sites for hydroxylation is 3. The van der Waals surface area contributed by atoms with Crippen LogP contribution < -0.4 is 4.72 Å². The number of nitro benzene ring substituents is 1. The van der Waals surface area contributed by atoms with Gasteiger partial charge in [0.1, 0.15) is 0 Å². The lowest BCUT2D eigenvalue weighted by Crippen LogP contribution is -2.14. The molecule has 0 radical (unpaired) electrons. The fraction of sp³-hybridized carbons (Fsp3) is 0.200. The summed E-state index contributed by atoms with van der Waals surface area (Å²) >= 11 is 0. The molecular formula is C15H16N2O4S. The molecule has 2 rings (SSSR count). The molecule has 0 aliphatic rings. The minimum atomic E-state index is -3.79. The van der Waals surface area contributed by atoms with Crippen LogP contribution in [0, 0.1) is 30.9 Å². The van der Waals surface area contributed by atoms with Crippen LogP contribution in [-0.2, 0) is 10.0 Å². The Morgan fingerprint density at radius 3 is 2.27 bits per heavy atom. The van der Waals surface area contributed by atoms with Crippen molar-refractivity contribution in [1.82, 2.24) is 0 Å². The topological polar surface area (TPSA) is 89.3 Å². The van der Waals surface area contributed by atoms with E-state index in [1.807, 2.05) is 6.92 Å². The highest BCUT2D eigenvalue weighted by Crippen LogP contribution is 2.25. The maximum atomic E-state index is 12.4. The Hall–Kier alpha value is -2.41. The Labute approximate surface area is 129 Å². The van der Waals surface area contributed by atoms with Gasteiger partial charge in [-0.3, -0.25) is 14.8 Å². The van der Waals surface area contributed by atoms with E-state index in [-0.39, 0.29) is 16.3 Å². The summed E-state index contributed by atoms with van der Waals surface area (Å²) in [6, 6.07) is 9.23. The Morgan fingerprint density at radius 2 is 1.68 bits per heavy atom. The van der Waals surface area contributed by atoms with Crippen molar-refractivity contribution >= 4 is 21.4 Å². The number of rotatable bonds is 4. The number of nitrogens with one attached hydrogen (secondary N) is 1. The molecule has 0 unspecified atom stereocenters. The summed E-state index contributed by atoms with van der Waals surface area (Å²) in [5.74, 6) is 0. The second-order valence-electron chi connectivity index (χ2n) is 5.13. The molecular weight excluding hydrogens is 304 g/mol. The molecule has 0 heterocycles. The van der Waals surface area contributed by atoms with Crippen LogP contribution in [0.2, 0.25) is 0 Å². The van der Waals surface area contributed by atoms with E-state index >= 15 is 0 Å². The number of sulfonamides is 1. The molecule has 0 saturated heterocycles. The molecule has 0 atom stereocenters. The van der Waals surface area contributed by atoms with E-state index in [1.54, 1.807) is 26.0 Å². The maximum absolute atomic E-state index is 12.4. The Bertz CT molecular complexity index is 845. The van der Waals surface area contributed by atoms with Gasteiger partial charge in [-0.15, -0.1) is 0 Å². The van der Waals surface area contributed by atoms with Gasteiger partial charge < -0.3 is 0 Å². The van der Waals surface area contributed by atoms with Gasteiger partial charge in [0.25, 0.3) is 15.7 Å². The van der Waals surface area contributed by atoms with Crippen LogP contribution in [0.15, 0.2) is 41.3 Å². The van der Waals surface area contributed by atoms with Crippen molar-refractivity contribution in [3.05, 3.63) is 63.2 Å². The molecule has 116 valence electrons. The number of hydrogen-bond donors (Lipinski definition) is 1. The minimum absolute atomic E-state index is 0.124. The molecule has 0 aliphatic heterocycles. The van der Waals surface area contributed by atoms with E-state index < -0.39 is 14.9 Å². The van der Waals surface area contributed by atoms with Gasteiger partial charge in [-0.25, -0.2) is 8.42 Å². The summed E-state index contributed by atoms with van der Waals surface area (Å²) < 4.78 is 27.2. The molecule has 7 heteroatoms. The molecule has 0 aliphatic carbocycles. The zero-order valence-corrected chi connectivity index (χ0v) is 13.3. The highest BCUT2D eigenvalue weighted by atomic mass is 32.2. The van der Waals surface area contributed by atoms with E-state index in [1.165, 1.54) is 24.3 Å². The molecule has 0 bridgehead atoms. The van der Waals surface area contributed by atoms with Crippen LogP contribution in [0.3, 0.4) is 0 Å². The lowest BCUT2D eigenvalue weighted by molar-refractivity contribution is -0.385. The molecule has 22 heavy (non-hydrogen) atoms. The smallest absolute Gasteiger partial charge is 0.274 e. The third kappa shape index (κ3) is 3.25. The van der Waals surface area contributed by atoms with Crippen molar-refractivity contribution in [1.29, 1.82) is 0 Å². The molecule has 0 saturated carbocycles. The molecule has 6 nitrogen and oxygen atoms in total. The van der Waals surface area contributed by atoms with Gasteiger partial charge in [-0.05, 0) is 38.5 Å². The summed E-state index contributed by atoms with van der Waals surface area (Å²) in [4.78, 5) is 10.5. The van der Waals surface area contributed by atoms with E-state index in [9.17, 15) is 18.5 Å². The van der Waals surface area contributed by atoms with Crippen molar-refractivity contribution in [2.75, 3.05) is 4.72 Å². The Kier molecular flexibility index (Phi) is 4.18. The van der Waals surface area contributed by atoms with Gasteiger partial charge in [0.2, 0.25) is 0 Å². The average Bonchev–Trinajstić information content (AvgIpc) is 2.39. The maximum Gasteiger partial charge on any atom is 0.274 e. The van der Waals surface area contributed by atoms with Crippen molar-refractivity contribution < 1.29 is 13.3 Å². The highest BCUT2D eigenvalue weighted by Gasteiger charge is 2.19. The first-order valence-corrected chi connectivity index (χ1v) is 8.04. The number of nitrogens with zero attached hydrogens (tertiary/aromatic N) is 1. The number of nitro groups is 1. The predicted octanol–water partition coefficient (Wildman–Crippen LogP) is 3.32. The quantitative estimate of drug-likeness (QED) is 0.691. The molecule has 2 aromatic carbocycles. The van der Waals surface area contributed by atoms with Gasteiger partial charge in [0.05, 0.1) is 15.5 Å². The van der Waals surface area contributed by atoms with Crippen LogP contribution >= 0.6 is 0 Å². The lowest BCUT2D eigenvalue weighted by atomic mass is 10.2.